The minimum atomic E-state index is -0.285. The molecule has 6 heteroatoms. The van der Waals surface area contributed by atoms with Crippen LogP contribution in [0.1, 0.15) is 32.3 Å². The number of phenolic OH excluding ortho intramolecular Hbond substituents is 1. The van der Waals surface area contributed by atoms with Gasteiger partial charge in [0.1, 0.15) is 5.75 Å². The highest BCUT2D eigenvalue weighted by molar-refractivity contribution is 14.1. The topological polar surface area (TPSA) is 53.0 Å². The molecule has 5 nitrogen and oxygen atoms in total. The van der Waals surface area contributed by atoms with E-state index in [1.165, 1.54) is 16.2 Å². The minimum Gasteiger partial charge on any atom is -0.508 e. The van der Waals surface area contributed by atoms with Crippen molar-refractivity contribution in [2.75, 3.05) is 44.6 Å². The largest absolute Gasteiger partial charge is 0.508 e. The van der Waals surface area contributed by atoms with Gasteiger partial charge in [-0.05, 0) is 41.5 Å². The van der Waals surface area contributed by atoms with Crippen LogP contribution in [-0.2, 0) is 4.74 Å². The van der Waals surface area contributed by atoms with Gasteiger partial charge in [0, 0.05) is 33.9 Å². The summed E-state index contributed by atoms with van der Waals surface area (Å²) in [6.45, 7) is 6.47. The standard InChI is InChI=1S/C11H17NO.C5H11NO2.CH3I/c1-8(2)10-7-9(13)5-6-11(10)12(3)4;1-4-8-5(7)6(2)3;1-2/h5-8,13H,1-4H3;4H2,1-3H3;1H3. The zero-order valence-corrected chi connectivity index (χ0v) is 17.7. The number of amides is 1. The molecule has 0 aliphatic rings. The first-order valence-corrected chi connectivity index (χ1v) is 9.58. The average molecular weight is 438 g/mol. The lowest BCUT2D eigenvalue weighted by molar-refractivity contribution is 0.124. The predicted octanol–water partition coefficient (Wildman–Crippen LogP) is 4.34. The maximum Gasteiger partial charge on any atom is 0.409 e. The quantitative estimate of drug-likeness (QED) is 0.564. The Morgan fingerprint density at radius 3 is 2.04 bits per heavy atom. The molecule has 0 radical (unpaired) electrons. The molecule has 0 aliphatic carbocycles. The van der Waals surface area contributed by atoms with Crippen LogP contribution in [0.5, 0.6) is 5.75 Å². The second-order valence-electron chi connectivity index (χ2n) is 5.39. The average Bonchev–Trinajstić information content (AvgIpc) is 2.49. The summed E-state index contributed by atoms with van der Waals surface area (Å²) >= 11 is 2.15. The van der Waals surface area contributed by atoms with Crippen molar-refractivity contribution < 1.29 is 14.6 Å². The molecule has 23 heavy (non-hydrogen) atoms. The highest BCUT2D eigenvalue weighted by Crippen LogP contribution is 2.29. The van der Waals surface area contributed by atoms with Crippen molar-refractivity contribution >= 4 is 34.4 Å². The van der Waals surface area contributed by atoms with E-state index in [2.05, 4.69) is 46.1 Å². The Balaban J connectivity index is 0. The number of hydrogen-bond donors (Lipinski definition) is 1. The Morgan fingerprint density at radius 2 is 1.74 bits per heavy atom. The molecule has 0 bridgehead atoms. The summed E-state index contributed by atoms with van der Waals surface area (Å²) in [5.74, 6) is 0.777. The number of benzene rings is 1. The molecule has 0 aromatic heterocycles. The number of rotatable bonds is 3. The van der Waals surface area contributed by atoms with E-state index in [4.69, 9.17) is 0 Å². The second-order valence-corrected chi connectivity index (χ2v) is 5.39. The van der Waals surface area contributed by atoms with Crippen LogP contribution in [0.3, 0.4) is 0 Å². The van der Waals surface area contributed by atoms with E-state index in [0.717, 1.165) is 0 Å². The maximum atomic E-state index is 10.4. The molecule has 0 atom stereocenters. The van der Waals surface area contributed by atoms with Gasteiger partial charge in [0.05, 0.1) is 6.61 Å². The Morgan fingerprint density at radius 1 is 1.22 bits per heavy atom. The molecular formula is C17H31IN2O3. The second kappa shape index (κ2) is 13.3. The van der Waals surface area contributed by atoms with E-state index in [1.807, 2.05) is 31.2 Å². The SMILES string of the molecule is CC(C)c1cc(O)ccc1N(C)C.CCOC(=O)N(C)C.CI. The highest BCUT2D eigenvalue weighted by atomic mass is 127. The van der Waals surface area contributed by atoms with Crippen LogP contribution in [0.4, 0.5) is 10.5 Å². The van der Waals surface area contributed by atoms with E-state index in [-0.39, 0.29) is 6.09 Å². The number of halogens is 1. The fraction of sp³-hybridized carbons (Fsp3) is 0.588. The van der Waals surface area contributed by atoms with E-state index in [9.17, 15) is 9.90 Å². The van der Waals surface area contributed by atoms with Crippen LogP contribution in [0.15, 0.2) is 18.2 Å². The van der Waals surface area contributed by atoms with Gasteiger partial charge in [0.15, 0.2) is 0 Å². The summed E-state index contributed by atoms with van der Waals surface area (Å²) < 4.78 is 4.59. The molecule has 0 heterocycles. The molecule has 134 valence electrons. The number of carbonyl (C=O) groups is 1. The Labute approximate surface area is 154 Å². The molecule has 0 saturated carbocycles. The fourth-order valence-electron chi connectivity index (χ4n) is 1.66. The monoisotopic (exact) mass is 438 g/mol. The zero-order chi connectivity index (χ0) is 18.6. The molecule has 0 saturated heterocycles. The molecule has 0 spiro atoms. The van der Waals surface area contributed by atoms with Gasteiger partial charge in [-0.15, -0.1) is 0 Å². The van der Waals surface area contributed by atoms with Crippen molar-refractivity contribution in [1.82, 2.24) is 4.90 Å². The van der Waals surface area contributed by atoms with Gasteiger partial charge < -0.3 is 19.6 Å². The molecule has 1 aromatic carbocycles. The van der Waals surface area contributed by atoms with Crippen LogP contribution in [0.2, 0.25) is 0 Å². The van der Waals surface area contributed by atoms with E-state index in [0.29, 0.717) is 18.3 Å². The van der Waals surface area contributed by atoms with Gasteiger partial charge in [-0.1, -0.05) is 36.4 Å². The Kier molecular flexibility index (Phi) is 13.9. The van der Waals surface area contributed by atoms with Gasteiger partial charge in [0.25, 0.3) is 0 Å². The first-order chi connectivity index (χ1) is 10.7. The van der Waals surface area contributed by atoms with Crippen LogP contribution in [-0.4, -0.2) is 55.8 Å². The fourth-order valence-corrected chi connectivity index (χ4v) is 1.66. The van der Waals surface area contributed by atoms with Crippen molar-refractivity contribution in [2.45, 2.75) is 26.7 Å². The van der Waals surface area contributed by atoms with Gasteiger partial charge in [-0.3, -0.25) is 0 Å². The molecule has 1 N–H and O–H groups in total. The third kappa shape index (κ3) is 10.3. The van der Waals surface area contributed by atoms with E-state index < -0.39 is 0 Å². The molecule has 1 rings (SSSR count). The lowest BCUT2D eigenvalue weighted by Gasteiger charge is -2.19. The number of phenols is 1. The number of carbonyl (C=O) groups excluding carboxylic acids is 1. The van der Waals surface area contributed by atoms with Crippen LogP contribution >= 0.6 is 22.6 Å². The van der Waals surface area contributed by atoms with Crippen molar-refractivity contribution in [3.63, 3.8) is 0 Å². The first kappa shape index (κ1) is 24.1. The van der Waals surface area contributed by atoms with Crippen LogP contribution < -0.4 is 4.90 Å². The van der Waals surface area contributed by atoms with Crippen molar-refractivity contribution in [2.24, 2.45) is 0 Å². The molecule has 1 amide bonds. The third-order valence-corrected chi connectivity index (χ3v) is 2.75. The number of alkyl halides is 1. The third-order valence-electron chi connectivity index (χ3n) is 2.75. The summed E-state index contributed by atoms with van der Waals surface area (Å²) in [5.41, 5.74) is 2.36. The molecular weight excluding hydrogens is 407 g/mol. The first-order valence-electron chi connectivity index (χ1n) is 7.42. The van der Waals surface area contributed by atoms with Gasteiger partial charge in [-0.25, -0.2) is 4.79 Å². The Hall–Kier alpha value is -1.18. The maximum absolute atomic E-state index is 10.4. The number of hydrogen-bond acceptors (Lipinski definition) is 4. The highest BCUT2D eigenvalue weighted by Gasteiger charge is 2.08. The summed E-state index contributed by atoms with van der Waals surface area (Å²) in [6, 6.07) is 5.51. The zero-order valence-electron chi connectivity index (χ0n) is 15.6. The Bertz CT molecular complexity index is 449. The molecule has 0 unspecified atom stereocenters. The van der Waals surface area contributed by atoms with Gasteiger partial charge in [0.2, 0.25) is 0 Å². The smallest absolute Gasteiger partial charge is 0.409 e. The van der Waals surface area contributed by atoms with Crippen molar-refractivity contribution in [1.29, 1.82) is 0 Å². The number of anilines is 1. The summed E-state index contributed by atoms with van der Waals surface area (Å²) in [6.07, 6.45) is -0.285. The van der Waals surface area contributed by atoms with Gasteiger partial charge in [-0.2, -0.15) is 0 Å². The molecule has 0 fully saturated rings. The summed E-state index contributed by atoms with van der Waals surface area (Å²) in [4.78, 5) is 15.9. The van der Waals surface area contributed by atoms with Crippen LogP contribution in [0, 0.1) is 0 Å². The van der Waals surface area contributed by atoms with E-state index in [1.54, 1.807) is 27.1 Å². The number of nitrogens with zero attached hydrogens (tertiary/aromatic N) is 2. The minimum absolute atomic E-state index is 0.285. The number of aromatic hydroxyl groups is 1. The molecule has 1 aromatic rings. The summed E-state index contributed by atoms with van der Waals surface area (Å²) in [7, 11) is 7.33. The summed E-state index contributed by atoms with van der Waals surface area (Å²) in [5, 5.41) is 9.35. The predicted molar refractivity (Wildman–Crippen MR) is 107 cm³/mol. The lowest BCUT2D eigenvalue weighted by atomic mass is 10.0. The van der Waals surface area contributed by atoms with Crippen molar-refractivity contribution in [3.8, 4) is 5.75 Å². The van der Waals surface area contributed by atoms with Crippen LogP contribution in [0.25, 0.3) is 0 Å². The normalized spacial score (nSPS) is 9.13. The number of ether oxygens (including phenoxy) is 1. The molecule has 0 aliphatic heterocycles. The van der Waals surface area contributed by atoms with Crippen molar-refractivity contribution in [3.05, 3.63) is 23.8 Å². The van der Waals surface area contributed by atoms with E-state index >= 15 is 0 Å². The van der Waals surface area contributed by atoms with Gasteiger partial charge >= 0.3 is 6.09 Å². The lowest BCUT2D eigenvalue weighted by Crippen LogP contribution is -2.22.